The lowest BCUT2D eigenvalue weighted by molar-refractivity contribution is 0.1000. The predicted octanol–water partition coefficient (Wildman–Crippen LogP) is 1.86. The molecular weight excluding hydrogens is 204 g/mol. The van der Waals surface area contributed by atoms with Crippen molar-refractivity contribution in [2.75, 3.05) is 0 Å². The van der Waals surface area contributed by atoms with Gasteiger partial charge in [0.1, 0.15) is 12.0 Å². The molecule has 0 atom stereocenters. The Hall–Kier alpha value is -2.23. The van der Waals surface area contributed by atoms with E-state index >= 15 is 0 Å². The van der Waals surface area contributed by atoms with Crippen molar-refractivity contribution in [1.29, 1.82) is 0 Å². The lowest BCUT2D eigenvalue weighted by Gasteiger charge is -2.12. The first-order valence-electron chi connectivity index (χ1n) is 4.94. The third-order valence-corrected chi connectivity index (χ3v) is 2.52. The quantitative estimate of drug-likeness (QED) is 0.724. The van der Waals surface area contributed by atoms with E-state index in [1.807, 2.05) is 18.2 Å². The monoisotopic (exact) mass is 212 g/mol. The number of rotatable bonds is 1. The summed E-state index contributed by atoms with van der Waals surface area (Å²) >= 11 is 0. The molecule has 1 amide bonds. The Kier molecular flexibility index (Phi) is 1.93. The van der Waals surface area contributed by atoms with Crippen molar-refractivity contribution in [3.63, 3.8) is 0 Å². The molecular formula is C12H8N2O2. The molecule has 0 bridgehead atoms. The van der Waals surface area contributed by atoms with Crippen LogP contribution in [0.15, 0.2) is 46.1 Å². The van der Waals surface area contributed by atoms with Crippen LogP contribution in [0.2, 0.25) is 0 Å². The zero-order valence-corrected chi connectivity index (χ0v) is 8.38. The van der Waals surface area contributed by atoms with Gasteiger partial charge in [-0.1, -0.05) is 18.2 Å². The fourth-order valence-corrected chi connectivity index (χ4v) is 1.78. The summed E-state index contributed by atoms with van der Waals surface area (Å²) in [5.74, 6) is 0.193. The van der Waals surface area contributed by atoms with Gasteiger partial charge in [0.25, 0.3) is 5.91 Å². The molecule has 0 radical (unpaired) electrons. The molecule has 0 saturated carbocycles. The van der Waals surface area contributed by atoms with Crippen LogP contribution in [-0.2, 0) is 6.42 Å². The Labute approximate surface area is 91.6 Å². The number of carbonyl (C=O) groups excluding carboxylic acids is 1. The summed E-state index contributed by atoms with van der Waals surface area (Å²) in [5.41, 5.74) is 2.22. The standard InChI is InChI=1S/C12H8N2O2/c15-11-9-4-2-1-3-8(9)7-10(14-11)12-13-5-6-16-12/h1-6H,7H2. The fraction of sp³-hybridized carbons (Fsp3) is 0.0833. The van der Waals surface area contributed by atoms with E-state index in [9.17, 15) is 4.79 Å². The molecule has 3 rings (SSSR count). The summed E-state index contributed by atoms with van der Waals surface area (Å²) in [5, 5.41) is 0. The summed E-state index contributed by atoms with van der Waals surface area (Å²) in [6.45, 7) is 0. The van der Waals surface area contributed by atoms with E-state index < -0.39 is 0 Å². The molecule has 2 aromatic rings. The van der Waals surface area contributed by atoms with Gasteiger partial charge in [0.05, 0.1) is 6.20 Å². The van der Waals surface area contributed by atoms with Crippen molar-refractivity contribution in [3.8, 4) is 0 Å². The number of hydrogen-bond donors (Lipinski definition) is 0. The highest BCUT2D eigenvalue weighted by Gasteiger charge is 2.21. The Bertz CT molecular complexity index is 570. The summed E-state index contributed by atoms with van der Waals surface area (Å²) in [4.78, 5) is 19.7. The molecule has 1 aliphatic heterocycles. The number of aromatic nitrogens is 1. The first-order valence-corrected chi connectivity index (χ1v) is 4.94. The summed E-state index contributed by atoms with van der Waals surface area (Å²) in [7, 11) is 0. The second-order valence-corrected chi connectivity index (χ2v) is 3.53. The molecule has 16 heavy (non-hydrogen) atoms. The van der Waals surface area contributed by atoms with Crippen LogP contribution in [0.5, 0.6) is 0 Å². The number of nitrogens with zero attached hydrogens (tertiary/aromatic N) is 2. The van der Waals surface area contributed by atoms with E-state index in [-0.39, 0.29) is 5.91 Å². The van der Waals surface area contributed by atoms with Crippen molar-refractivity contribution < 1.29 is 9.21 Å². The van der Waals surface area contributed by atoms with Gasteiger partial charge in [0, 0.05) is 12.0 Å². The lowest BCUT2D eigenvalue weighted by atomic mass is 9.98. The first kappa shape index (κ1) is 9.03. The molecule has 1 aromatic heterocycles. The van der Waals surface area contributed by atoms with Gasteiger partial charge in [-0.25, -0.2) is 9.98 Å². The van der Waals surface area contributed by atoms with E-state index in [0.717, 1.165) is 5.56 Å². The second kappa shape index (κ2) is 3.41. The Morgan fingerprint density at radius 3 is 2.94 bits per heavy atom. The maximum atomic E-state index is 11.7. The maximum Gasteiger partial charge on any atom is 0.277 e. The van der Waals surface area contributed by atoms with Gasteiger partial charge in [-0.3, -0.25) is 4.79 Å². The van der Waals surface area contributed by atoms with Crippen LogP contribution >= 0.6 is 0 Å². The third kappa shape index (κ3) is 1.35. The SMILES string of the molecule is O=C1N=C(c2ncco2)Cc2ccccc21. The van der Waals surface area contributed by atoms with Crippen molar-refractivity contribution in [3.05, 3.63) is 53.7 Å². The highest BCUT2D eigenvalue weighted by atomic mass is 16.3. The van der Waals surface area contributed by atoms with Crippen LogP contribution in [0.25, 0.3) is 0 Å². The normalized spacial score (nSPS) is 14.5. The molecule has 4 nitrogen and oxygen atoms in total. The van der Waals surface area contributed by atoms with Crippen molar-refractivity contribution in [2.24, 2.45) is 4.99 Å². The van der Waals surface area contributed by atoms with Crippen molar-refractivity contribution in [1.82, 2.24) is 4.98 Å². The number of aliphatic imine (C=N–C) groups is 1. The Balaban J connectivity index is 2.07. The van der Waals surface area contributed by atoms with Crippen LogP contribution in [0, 0.1) is 0 Å². The molecule has 0 saturated heterocycles. The lowest BCUT2D eigenvalue weighted by Crippen LogP contribution is -2.17. The van der Waals surface area contributed by atoms with E-state index in [1.54, 1.807) is 12.3 Å². The van der Waals surface area contributed by atoms with Gasteiger partial charge < -0.3 is 4.42 Å². The number of amides is 1. The molecule has 0 N–H and O–H groups in total. The second-order valence-electron chi connectivity index (χ2n) is 3.53. The summed E-state index contributed by atoms with van der Waals surface area (Å²) in [6.07, 6.45) is 3.61. The first-order chi connectivity index (χ1) is 7.84. The molecule has 0 fully saturated rings. The number of hydrogen-bond acceptors (Lipinski definition) is 3. The number of benzene rings is 1. The smallest absolute Gasteiger partial charge is 0.277 e. The minimum Gasteiger partial charge on any atom is -0.444 e. The number of carbonyl (C=O) groups is 1. The number of fused-ring (bicyclic) bond motifs is 1. The highest BCUT2D eigenvalue weighted by Crippen LogP contribution is 2.18. The highest BCUT2D eigenvalue weighted by molar-refractivity contribution is 6.13. The fourth-order valence-electron chi connectivity index (χ4n) is 1.78. The van der Waals surface area contributed by atoms with E-state index in [0.29, 0.717) is 23.6 Å². The van der Waals surface area contributed by atoms with Gasteiger partial charge in [-0.05, 0) is 11.6 Å². The topological polar surface area (TPSA) is 55.5 Å². The minimum absolute atomic E-state index is 0.227. The molecule has 0 unspecified atom stereocenters. The summed E-state index contributed by atoms with van der Waals surface area (Å²) in [6, 6.07) is 7.45. The largest absolute Gasteiger partial charge is 0.444 e. The van der Waals surface area contributed by atoms with Crippen LogP contribution in [0.4, 0.5) is 0 Å². The zero-order valence-electron chi connectivity index (χ0n) is 8.38. The molecule has 4 heteroatoms. The average molecular weight is 212 g/mol. The molecule has 1 aliphatic rings. The van der Waals surface area contributed by atoms with Gasteiger partial charge in [-0.2, -0.15) is 0 Å². The van der Waals surface area contributed by atoms with Gasteiger partial charge in [0.2, 0.25) is 5.89 Å². The van der Waals surface area contributed by atoms with Gasteiger partial charge >= 0.3 is 0 Å². The molecule has 0 spiro atoms. The van der Waals surface area contributed by atoms with Gasteiger partial charge in [0.15, 0.2) is 0 Å². The number of oxazole rings is 1. The van der Waals surface area contributed by atoms with Crippen molar-refractivity contribution in [2.45, 2.75) is 6.42 Å². The van der Waals surface area contributed by atoms with Crippen LogP contribution in [0.1, 0.15) is 21.8 Å². The summed E-state index contributed by atoms with van der Waals surface area (Å²) < 4.78 is 5.14. The molecule has 78 valence electrons. The maximum absolute atomic E-state index is 11.7. The Morgan fingerprint density at radius 2 is 2.12 bits per heavy atom. The van der Waals surface area contributed by atoms with Crippen LogP contribution in [0.3, 0.4) is 0 Å². The zero-order chi connectivity index (χ0) is 11.0. The van der Waals surface area contributed by atoms with Gasteiger partial charge in [-0.15, -0.1) is 0 Å². The van der Waals surface area contributed by atoms with Crippen LogP contribution < -0.4 is 0 Å². The van der Waals surface area contributed by atoms with Crippen LogP contribution in [-0.4, -0.2) is 16.6 Å². The molecule has 1 aromatic carbocycles. The molecule has 2 heterocycles. The van der Waals surface area contributed by atoms with Crippen molar-refractivity contribution >= 4 is 11.6 Å². The predicted molar refractivity (Wildman–Crippen MR) is 57.5 cm³/mol. The average Bonchev–Trinajstić information content (AvgIpc) is 2.82. The minimum atomic E-state index is -0.227. The Morgan fingerprint density at radius 1 is 1.25 bits per heavy atom. The third-order valence-electron chi connectivity index (χ3n) is 2.52. The van der Waals surface area contributed by atoms with E-state index in [1.165, 1.54) is 6.26 Å². The van der Waals surface area contributed by atoms with E-state index in [2.05, 4.69) is 9.98 Å². The molecule has 0 aliphatic carbocycles. The van der Waals surface area contributed by atoms with E-state index in [4.69, 9.17) is 4.42 Å².